The van der Waals surface area contributed by atoms with Crippen molar-refractivity contribution in [1.29, 1.82) is 0 Å². The van der Waals surface area contributed by atoms with Crippen LogP contribution >= 0.6 is 0 Å². The zero-order valence-electron chi connectivity index (χ0n) is 11.1. The van der Waals surface area contributed by atoms with Crippen molar-refractivity contribution in [3.05, 3.63) is 29.6 Å². The van der Waals surface area contributed by atoms with Gasteiger partial charge in [-0.25, -0.2) is 4.39 Å². The predicted molar refractivity (Wildman–Crippen MR) is 69.6 cm³/mol. The van der Waals surface area contributed by atoms with Gasteiger partial charge in [-0.3, -0.25) is 0 Å². The van der Waals surface area contributed by atoms with Gasteiger partial charge in [0.2, 0.25) is 0 Å². The van der Waals surface area contributed by atoms with Gasteiger partial charge in [0.1, 0.15) is 11.6 Å². The Labute approximate surface area is 112 Å². The molecule has 5 heteroatoms. The maximum atomic E-state index is 13.3. The summed E-state index contributed by atoms with van der Waals surface area (Å²) in [6, 6.07) is 4.14. The van der Waals surface area contributed by atoms with E-state index < -0.39 is 6.10 Å². The molecule has 1 aliphatic heterocycles. The van der Waals surface area contributed by atoms with Crippen molar-refractivity contribution in [2.24, 2.45) is 0 Å². The average molecular weight is 269 g/mol. The number of hydrogen-bond donors (Lipinski definition) is 2. The van der Waals surface area contributed by atoms with Gasteiger partial charge in [0.15, 0.2) is 0 Å². The summed E-state index contributed by atoms with van der Waals surface area (Å²) in [6.45, 7) is 1.91. The van der Waals surface area contributed by atoms with E-state index in [4.69, 9.17) is 4.74 Å². The number of ether oxygens (including phenoxy) is 1. The predicted octanol–water partition coefficient (Wildman–Crippen LogP) is 1.32. The summed E-state index contributed by atoms with van der Waals surface area (Å²) in [5, 5.41) is 19.7. The van der Waals surface area contributed by atoms with E-state index in [1.807, 2.05) is 0 Å². The fourth-order valence-corrected chi connectivity index (χ4v) is 2.41. The fraction of sp³-hybridized carbons (Fsp3) is 0.571. The molecule has 4 nitrogen and oxygen atoms in total. The van der Waals surface area contributed by atoms with Crippen molar-refractivity contribution in [3.63, 3.8) is 0 Å². The first-order valence-electron chi connectivity index (χ1n) is 6.52. The molecule has 19 heavy (non-hydrogen) atoms. The lowest BCUT2D eigenvalue weighted by molar-refractivity contribution is 0.0500. The van der Waals surface area contributed by atoms with E-state index >= 15 is 0 Å². The summed E-state index contributed by atoms with van der Waals surface area (Å²) in [5.74, 6) is 0.106. The summed E-state index contributed by atoms with van der Waals surface area (Å²) in [4.78, 5) is 2.07. The lowest BCUT2D eigenvalue weighted by Gasteiger charge is -2.31. The smallest absolute Gasteiger partial charge is 0.124 e. The van der Waals surface area contributed by atoms with E-state index in [2.05, 4.69) is 4.90 Å². The highest BCUT2D eigenvalue weighted by molar-refractivity contribution is 5.35. The Morgan fingerprint density at radius 1 is 1.42 bits per heavy atom. The first-order valence-corrected chi connectivity index (χ1v) is 6.52. The Morgan fingerprint density at radius 2 is 2.11 bits per heavy atom. The van der Waals surface area contributed by atoms with Crippen LogP contribution in [0.2, 0.25) is 0 Å². The lowest BCUT2D eigenvalue weighted by atomic mass is 10.0. The van der Waals surface area contributed by atoms with Crippen LogP contribution in [0.3, 0.4) is 0 Å². The first kappa shape index (κ1) is 14.2. The van der Waals surface area contributed by atoms with Crippen molar-refractivity contribution in [1.82, 2.24) is 4.90 Å². The molecule has 106 valence electrons. The van der Waals surface area contributed by atoms with E-state index in [0.717, 1.165) is 13.1 Å². The molecule has 1 fully saturated rings. The van der Waals surface area contributed by atoms with Crippen molar-refractivity contribution in [2.75, 3.05) is 26.7 Å². The number of nitrogens with zero attached hydrogens (tertiary/aromatic N) is 1. The number of likely N-dealkylation sites (tertiary alicyclic amines) is 1. The molecular weight excluding hydrogens is 249 g/mol. The van der Waals surface area contributed by atoms with Gasteiger partial charge in [-0.1, -0.05) is 0 Å². The number of hydrogen-bond acceptors (Lipinski definition) is 4. The normalized spacial score (nSPS) is 19.4. The molecule has 2 rings (SSSR count). The molecule has 0 bridgehead atoms. The zero-order valence-corrected chi connectivity index (χ0v) is 11.1. The summed E-state index contributed by atoms with van der Waals surface area (Å²) in [6.07, 6.45) is 0.401. The van der Waals surface area contributed by atoms with Gasteiger partial charge in [0.05, 0.1) is 19.3 Å². The number of rotatable bonds is 4. The maximum absolute atomic E-state index is 13.3. The molecule has 0 aliphatic carbocycles. The molecular formula is C14H20FNO3. The maximum Gasteiger partial charge on any atom is 0.124 e. The van der Waals surface area contributed by atoms with E-state index in [-0.39, 0.29) is 11.9 Å². The van der Waals surface area contributed by atoms with E-state index in [0.29, 0.717) is 30.7 Å². The summed E-state index contributed by atoms with van der Waals surface area (Å²) in [5.41, 5.74) is 0.466. The number of benzene rings is 1. The van der Waals surface area contributed by atoms with Gasteiger partial charge >= 0.3 is 0 Å². The second-order valence-electron chi connectivity index (χ2n) is 4.93. The average Bonchev–Trinajstić information content (AvgIpc) is 2.41. The van der Waals surface area contributed by atoms with Crippen molar-refractivity contribution in [3.8, 4) is 5.75 Å². The topological polar surface area (TPSA) is 52.9 Å². The van der Waals surface area contributed by atoms with Gasteiger partial charge in [0, 0.05) is 25.2 Å². The molecule has 1 atom stereocenters. The van der Waals surface area contributed by atoms with Gasteiger partial charge in [-0.05, 0) is 31.0 Å². The van der Waals surface area contributed by atoms with E-state index in [9.17, 15) is 14.6 Å². The molecule has 0 amide bonds. The number of aliphatic hydroxyl groups is 2. The van der Waals surface area contributed by atoms with Crippen LogP contribution in [-0.2, 0) is 0 Å². The molecule has 1 unspecified atom stereocenters. The molecule has 0 radical (unpaired) electrons. The third-order valence-electron chi connectivity index (χ3n) is 3.54. The molecule has 1 heterocycles. The summed E-state index contributed by atoms with van der Waals surface area (Å²) in [7, 11) is 1.50. The molecule has 1 aliphatic rings. The van der Waals surface area contributed by atoms with Crippen LogP contribution in [0.5, 0.6) is 5.75 Å². The third kappa shape index (κ3) is 3.65. The fourth-order valence-electron chi connectivity index (χ4n) is 2.41. The second kappa shape index (κ2) is 6.32. The molecule has 2 N–H and O–H groups in total. The Hall–Kier alpha value is -1.17. The van der Waals surface area contributed by atoms with Gasteiger partial charge in [-0.15, -0.1) is 0 Å². The minimum Gasteiger partial charge on any atom is -0.496 e. The number of β-amino-alcohol motifs (C(OH)–C–C–N with tert-alkyl or cyclic N) is 1. The molecule has 1 saturated heterocycles. The second-order valence-corrected chi connectivity index (χ2v) is 4.93. The first-order chi connectivity index (χ1) is 9.10. The van der Waals surface area contributed by atoms with Crippen LogP contribution in [0.25, 0.3) is 0 Å². The third-order valence-corrected chi connectivity index (χ3v) is 3.54. The van der Waals surface area contributed by atoms with Crippen LogP contribution in [0.4, 0.5) is 4.39 Å². The number of piperidine rings is 1. The van der Waals surface area contributed by atoms with E-state index in [1.165, 1.54) is 25.3 Å². The number of aliphatic hydroxyl groups excluding tert-OH is 2. The minimum absolute atomic E-state index is 0.239. The highest BCUT2D eigenvalue weighted by Gasteiger charge is 2.22. The van der Waals surface area contributed by atoms with Crippen molar-refractivity contribution >= 4 is 0 Å². The summed E-state index contributed by atoms with van der Waals surface area (Å²) < 4.78 is 18.4. The molecule has 1 aromatic carbocycles. The van der Waals surface area contributed by atoms with Crippen molar-refractivity contribution < 1.29 is 19.3 Å². The van der Waals surface area contributed by atoms with Crippen LogP contribution in [0.15, 0.2) is 18.2 Å². The van der Waals surface area contributed by atoms with Crippen LogP contribution < -0.4 is 4.74 Å². The van der Waals surface area contributed by atoms with E-state index in [1.54, 1.807) is 0 Å². The minimum atomic E-state index is -0.791. The largest absolute Gasteiger partial charge is 0.496 e. The molecule has 0 spiro atoms. The molecule has 0 saturated carbocycles. The van der Waals surface area contributed by atoms with Crippen molar-refractivity contribution in [2.45, 2.75) is 25.0 Å². The Balaban J connectivity index is 2.03. The quantitative estimate of drug-likeness (QED) is 0.865. The highest BCUT2D eigenvalue weighted by Crippen LogP contribution is 2.27. The van der Waals surface area contributed by atoms with Crippen LogP contribution in [0, 0.1) is 5.82 Å². The molecule has 1 aromatic rings. The Morgan fingerprint density at radius 3 is 2.74 bits per heavy atom. The lowest BCUT2D eigenvalue weighted by Crippen LogP contribution is -2.38. The zero-order chi connectivity index (χ0) is 13.8. The van der Waals surface area contributed by atoms with Gasteiger partial charge in [-0.2, -0.15) is 0 Å². The Bertz CT molecular complexity index is 419. The summed E-state index contributed by atoms with van der Waals surface area (Å²) >= 11 is 0. The number of methoxy groups -OCH3 is 1. The SMILES string of the molecule is COc1ccc(F)cc1C(O)CN1CCC(O)CC1. The van der Waals surface area contributed by atoms with Crippen LogP contribution in [-0.4, -0.2) is 48.0 Å². The Kier molecular flexibility index (Phi) is 4.74. The monoisotopic (exact) mass is 269 g/mol. The standard InChI is InChI=1S/C14H20FNO3/c1-19-14-3-2-10(15)8-12(14)13(18)9-16-6-4-11(17)5-7-16/h2-3,8,11,13,17-18H,4-7,9H2,1H3. The molecule has 0 aromatic heterocycles. The number of halogens is 1. The van der Waals surface area contributed by atoms with Crippen LogP contribution in [0.1, 0.15) is 24.5 Å². The van der Waals surface area contributed by atoms with Gasteiger partial charge < -0.3 is 19.8 Å². The van der Waals surface area contributed by atoms with Gasteiger partial charge in [0.25, 0.3) is 0 Å². The highest BCUT2D eigenvalue weighted by atomic mass is 19.1.